The maximum Gasteiger partial charge on any atom is 0.0946 e. The molecule has 1 N–H and O–H groups in total. The Balaban J connectivity index is 1.82. The zero-order valence-corrected chi connectivity index (χ0v) is 9.92. The van der Waals surface area contributed by atoms with E-state index in [1.54, 1.807) is 0 Å². The van der Waals surface area contributed by atoms with E-state index in [0.717, 1.165) is 19.6 Å². The molecule has 2 unspecified atom stereocenters. The Bertz CT molecular complexity index is 299. The van der Waals surface area contributed by atoms with Crippen molar-refractivity contribution in [3.8, 4) is 0 Å². The zero-order chi connectivity index (χ0) is 11.4. The smallest absolute Gasteiger partial charge is 0.0946 e. The molecule has 16 heavy (non-hydrogen) atoms. The number of likely N-dealkylation sites (tertiary alicyclic amines) is 1. The number of rotatable bonds is 4. The third-order valence-corrected chi connectivity index (χ3v) is 3.57. The number of hydrogen-bond donors (Lipinski definition) is 1. The van der Waals surface area contributed by atoms with Crippen LogP contribution in [-0.2, 0) is 6.54 Å². The Hall–Kier alpha value is -0.870. The molecule has 0 saturated carbocycles. The Morgan fingerprint density at radius 2 is 2.25 bits per heavy atom. The first-order chi connectivity index (χ1) is 7.79. The van der Waals surface area contributed by atoms with Crippen LogP contribution in [0.3, 0.4) is 0 Å². The molecule has 0 aliphatic carbocycles. The van der Waals surface area contributed by atoms with Gasteiger partial charge in [0.15, 0.2) is 0 Å². The van der Waals surface area contributed by atoms with Crippen LogP contribution in [0.15, 0.2) is 18.7 Å². The minimum absolute atomic E-state index is 0.328. The second-order valence-electron chi connectivity index (χ2n) is 4.77. The number of hydrogen-bond acceptors (Lipinski definition) is 3. The summed E-state index contributed by atoms with van der Waals surface area (Å²) in [7, 11) is 0. The topological polar surface area (TPSA) is 41.3 Å². The second-order valence-corrected chi connectivity index (χ2v) is 4.77. The summed E-state index contributed by atoms with van der Waals surface area (Å²) in [6, 6.07) is 0.645. The van der Waals surface area contributed by atoms with Crippen LogP contribution in [0.25, 0.3) is 0 Å². The second kappa shape index (κ2) is 5.46. The largest absolute Gasteiger partial charge is 0.396 e. The van der Waals surface area contributed by atoms with Gasteiger partial charge >= 0.3 is 0 Å². The molecular weight excluding hydrogens is 202 g/mol. The Labute approximate surface area is 96.9 Å². The van der Waals surface area contributed by atoms with Crippen molar-refractivity contribution in [3.05, 3.63) is 18.7 Å². The molecule has 0 spiro atoms. The van der Waals surface area contributed by atoms with Gasteiger partial charge in [0.2, 0.25) is 0 Å². The van der Waals surface area contributed by atoms with Crippen LogP contribution in [0.1, 0.15) is 19.8 Å². The number of nitrogens with zero attached hydrogens (tertiary/aromatic N) is 3. The molecule has 1 fully saturated rings. The summed E-state index contributed by atoms with van der Waals surface area (Å²) < 4.78 is 2.11. The quantitative estimate of drug-likeness (QED) is 0.827. The molecule has 0 aromatic carbocycles. The Morgan fingerprint density at radius 3 is 2.94 bits per heavy atom. The number of aromatic nitrogens is 2. The standard InChI is InChI=1S/C12H21N3O/c1-11-2-3-12(9-16)8-15(11)7-6-14-5-4-13-10-14/h4-5,10-12,16H,2-3,6-9H2,1H3. The fourth-order valence-corrected chi connectivity index (χ4v) is 2.39. The lowest BCUT2D eigenvalue weighted by atomic mass is 9.94. The first-order valence-corrected chi connectivity index (χ1v) is 6.10. The number of aliphatic hydroxyl groups excluding tert-OH is 1. The van der Waals surface area contributed by atoms with Crippen LogP contribution in [0.5, 0.6) is 0 Å². The van der Waals surface area contributed by atoms with E-state index in [4.69, 9.17) is 0 Å². The monoisotopic (exact) mass is 223 g/mol. The molecule has 4 heteroatoms. The summed E-state index contributed by atoms with van der Waals surface area (Å²) in [5.74, 6) is 0.471. The maximum atomic E-state index is 9.21. The fourth-order valence-electron chi connectivity index (χ4n) is 2.39. The number of aliphatic hydroxyl groups is 1. The maximum absolute atomic E-state index is 9.21. The van der Waals surface area contributed by atoms with E-state index in [2.05, 4.69) is 21.4 Å². The van der Waals surface area contributed by atoms with Crippen molar-refractivity contribution >= 4 is 0 Å². The lowest BCUT2D eigenvalue weighted by Crippen LogP contribution is -2.44. The first kappa shape index (κ1) is 11.6. The van der Waals surface area contributed by atoms with Gasteiger partial charge in [0, 0.05) is 44.7 Å². The molecule has 2 rings (SSSR count). The highest BCUT2D eigenvalue weighted by molar-refractivity contribution is 4.80. The van der Waals surface area contributed by atoms with Crippen LogP contribution in [0.2, 0.25) is 0 Å². The molecule has 1 aliphatic rings. The normalized spacial score (nSPS) is 27.1. The minimum Gasteiger partial charge on any atom is -0.396 e. The Morgan fingerprint density at radius 1 is 1.38 bits per heavy atom. The predicted octanol–water partition coefficient (Wildman–Crippen LogP) is 0.976. The van der Waals surface area contributed by atoms with Crippen molar-refractivity contribution in [2.24, 2.45) is 5.92 Å². The van der Waals surface area contributed by atoms with Crippen LogP contribution in [0, 0.1) is 5.92 Å². The van der Waals surface area contributed by atoms with E-state index in [1.165, 1.54) is 12.8 Å². The molecule has 0 radical (unpaired) electrons. The summed E-state index contributed by atoms with van der Waals surface area (Å²) in [5, 5.41) is 9.21. The third-order valence-electron chi connectivity index (χ3n) is 3.57. The lowest BCUT2D eigenvalue weighted by Gasteiger charge is -2.37. The van der Waals surface area contributed by atoms with E-state index in [9.17, 15) is 5.11 Å². The molecule has 0 bridgehead atoms. The lowest BCUT2D eigenvalue weighted by molar-refractivity contribution is 0.0801. The Kier molecular flexibility index (Phi) is 3.96. The molecule has 0 amide bonds. The molecule has 2 heterocycles. The molecular formula is C12H21N3O. The molecule has 90 valence electrons. The number of piperidine rings is 1. The minimum atomic E-state index is 0.328. The van der Waals surface area contributed by atoms with Crippen LogP contribution in [-0.4, -0.2) is 45.3 Å². The van der Waals surface area contributed by atoms with Gasteiger partial charge in [-0.2, -0.15) is 0 Å². The van der Waals surface area contributed by atoms with E-state index >= 15 is 0 Å². The first-order valence-electron chi connectivity index (χ1n) is 6.10. The molecule has 1 aliphatic heterocycles. The average molecular weight is 223 g/mol. The third kappa shape index (κ3) is 2.83. The molecule has 1 aromatic rings. The summed E-state index contributed by atoms with van der Waals surface area (Å²) >= 11 is 0. The van der Waals surface area contributed by atoms with E-state index < -0.39 is 0 Å². The van der Waals surface area contributed by atoms with Crippen molar-refractivity contribution in [2.75, 3.05) is 19.7 Å². The van der Waals surface area contributed by atoms with Gasteiger partial charge in [-0.05, 0) is 25.7 Å². The van der Waals surface area contributed by atoms with E-state index in [-0.39, 0.29) is 0 Å². The molecule has 2 atom stereocenters. The average Bonchev–Trinajstić information content (AvgIpc) is 2.81. The van der Waals surface area contributed by atoms with Gasteiger partial charge < -0.3 is 9.67 Å². The van der Waals surface area contributed by atoms with Gasteiger partial charge in [-0.1, -0.05) is 0 Å². The fraction of sp³-hybridized carbons (Fsp3) is 0.750. The summed E-state index contributed by atoms with van der Waals surface area (Å²) in [4.78, 5) is 6.52. The van der Waals surface area contributed by atoms with Crippen molar-refractivity contribution in [1.82, 2.24) is 14.5 Å². The van der Waals surface area contributed by atoms with Crippen LogP contribution in [0.4, 0.5) is 0 Å². The van der Waals surface area contributed by atoms with E-state index in [0.29, 0.717) is 18.6 Å². The SMILES string of the molecule is CC1CCC(CO)CN1CCn1ccnc1. The van der Waals surface area contributed by atoms with Crippen molar-refractivity contribution in [3.63, 3.8) is 0 Å². The highest BCUT2D eigenvalue weighted by Crippen LogP contribution is 2.21. The predicted molar refractivity (Wildman–Crippen MR) is 63.1 cm³/mol. The van der Waals surface area contributed by atoms with Crippen molar-refractivity contribution < 1.29 is 5.11 Å². The van der Waals surface area contributed by atoms with Crippen molar-refractivity contribution in [1.29, 1.82) is 0 Å². The molecule has 1 saturated heterocycles. The van der Waals surface area contributed by atoms with Gasteiger partial charge in [0.25, 0.3) is 0 Å². The van der Waals surface area contributed by atoms with Gasteiger partial charge in [-0.15, -0.1) is 0 Å². The van der Waals surface area contributed by atoms with Gasteiger partial charge in [0.05, 0.1) is 6.33 Å². The van der Waals surface area contributed by atoms with Gasteiger partial charge in [0.1, 0.15) is 0 Å². The van der Waals surface area contributed by atoms with Gasteiger partial charge in [-0.3, -0.25) is 4.90 Å². The molecule has 1 aromatic heterocycles. The zero-order valence-electron chi connectivity index (χ0n) is 9.92. The van der Waals surface area contributed by atoms with E-state index in [1.807, 2.05) is 18.7 Å². The molecule has 4 nitrogen and oxygen atoms in total. The van der Waals surface area contributed by atoms with Gasteiger partial charge in [-0.25, -0.2) is 4.98 Å². The summed E-state index contributed by atoms with van der Waals surface area (Å²) in [5.41, 5.74) is 0. The highest BCUT2D eigenvalue weighted by Gasteiger charge is 2.24. The highest BCUT2D eigenvalue weighted by atomic mass is 16.3. The van der Waals surface area contributed by atoms with Crippen LogP contribution < -0.4 is 0 Å². The van der Waals surface area contributed by atoms with Crippen LogP contribution >= 0.6 is 0 Å². The number of imidazole rings is 1. The summed E-state index contributed by atoms with van der Waals surface area (Å²) in [6.07, 6.45) is 8.04. The van der Waals surface area contributed by atoms with Crippen molar-refractivity contribution in [2.45, 2.75) is 32.4 Å². The summed E-state index contributed by atoms with van der Waals surface area (Å²) in [6.45, 7) is 5.68.